The quantitative estimate of drug-likeness (QED) is 0.498. The first kappa shape index (κ1) is 12.0. The van der Waals surface area contributed by atoms with E-state index in [4.69, 9.17) is 4.74 Å². The molecule has 0 radical (unpaired) electrons. The Kier molecular flexibility index (Phi) is 6.20. The van der Waals surface area contributed by atoms with Crippen LogP contribution in [0.15, 0.2) is 0 Å². The van der Waals surface area contributed by atoms with E-state index in [0.29, 0.717) is 6.10 Å². The lowest BCUT2D eigenvalue weighted by Crippen LogP contribution is -2.18. The molecule has 0 aromatic carbocycles. The maximum Gasteiger partial charge on any atom is 0.0575 e. The van der Waals surface area contributed by atoms with Gasteiger partial charge in [0, 0.05) is 6.61 Å². The molecule has 84 valence electrons. The lowest BCUT2D eigenvalue weighted by Gasteiger charge is -2.16. The Labute approximate surface area is 88.6 Å². The van der Waals surface area contributed by atoms with Crippen LogP contribution in [0.4, 0.5) is 0 Å². The van der Waals surface area contributed by atoms with Gasteiger partial charge in [0.05, 0.1) is 6.10 Å². The Morgan fingerprint density at radius 2 is 1.71 bits per heavy atom. The van der Waals surface area contributed by atoms with Crippen molar-refractivity contribution in [1.29, 1.82) is 0 Å². The molecule has 0 unspecified atom stereocenters. The molecule has 0 aliphatic heterocycles. The van der Waals surface area contributed by atoms with Gasteiger partial charge < -0.3 is 9.64 Å². The second kappa shape index (κ2) is 7.24. The Balaban J connectivity index is 1.99. The molecule has 0 saturated heterocycles. The number of rotatable bonds is 5. The molecule has 0 heterocycles. The van der Waals surface area contributed by atoms with E-state index in [2.05, 4.69) is 19.0 Å². The zero-order chi connectivity index (χ0) is 10.2. The summed E-state index contributed by atoms with van der Waals surface area (Å²) in [6.45, 7) is 2.09. The Bertz CT molecular complexity index is 128. The summed E-state index contributed by atoms with van der Waals surface area (Å²) >= 11 is 0. The highest BCUT2D eigenvalue weighted by atomic mass is 16.5. The summed E-state index contributed by atoms with van der Waals surface area (Å²) in [5.41, 5.74) is 0. The van der Waals surface area contributed by atoms with E-state index in [9.17, 15) is 0 Å². The van der Waals surface area contributed by atoms with Gasteiger partial charge in [0.2, 0.25) is 0 Å². The van der Waals surface area contributed by atoms with Gasteiger partial charge in [-0.3, -0.25) is 0 Å². The van der Waals surface area contributed by atoms with E-state index in [1.165, 1.54) is 44.9 Å². The summed E-state index contributed by atoms with van der Waals surface area (Å²) < 4.78 is 5.89. The third-order valence-electron chi connectivity index (χ3n) is 2.91. The average molecular weight is 199 g/mol. The molecule has 1 aliphatic carbocycles. The second-order valence-electron chi connectivity index (χ2n) is 4.64. The summed E-state index contributed by atoms with van der Waals surface area (Å²) in [5.74, 6) is 0. The predicted molar refractivity (Wildman–Crippen MR) is 60.6 cm³/mol. The normalized spacial score (nSPS) is 19.9. The van der Waals surface area contributed by atoms with Gasteiger partial charge in [0.25, 0.3) is 0 Å². The number of ether oxygens (including phenoxy) is 1. The van der Waals surface area contributed by atoms with Crippen LogP contribution < -0.4 is 0 Å². The highest BCUT2D eigenvalue weighted by Crippen LogP contribution is 2.19. The van der Waals surface area contributed by atoms with Crippen molar-refractivity contribution in [3.05, 3.63) is 0 Å². The summed E-state index contributed by atoms with van der Waals surface area (Å²) in [4.78, 5) is 2.22. The Morgan fingerprint density at radius 1 is 1.07 bits per heavy atom. The highest BCUT2D eigenvalue weighted by Gasteiger charge is 2.11. The van der Waals surface area contributed by atoms with Gasteiger partial charge in [0.15, 0.2) is 0 Å². The predicted octanol–water partition coefficient (Wildman–Crippen LogP) is 2.68. The smallest absolute Gasteiger partial charge is 0.0575 e. The molecule has 0 spiro atoms. The average Bonchev–Trinajstić information content (AvgIpc) is 2.40. The third kappa shape index (κ3) is 5.61. The lowest BCUT2D eigenvalue weighted by atomic mass is 10.1. The molecular weight excluding hydrogens is 174 g/mol. The van der Waals surface area contributed by atoms with Crippen molar-refractivity contribution >= 4 is 0 Å². The molecule has 2 heteroatoms. The maximum atomic E-state index is 5.89. The molecule has 0 aromatic rings. The summed E-state index contributed by atoms with van der Waals surface area (Å²) in [5, 5.41) is 0. The van der Waals surface area contributed by atoms with E-state index in [1.807, 2.05) is 0 Å². The van der Waals surface area contributed by atoms with Crippen molar-refractivity contribution in [1.82, 2.24) is 4.90 Å². The molecule has 0 N–H and O–H groups in total. The monoisotopic (exact) mass is 199 g/mol. The van der Waals surface area contributed by atoms with Crippen molar-refractivity contribution in [3.63, 3.8) is 0 Å². The fourth-order valence-corrected chi connectivity index (χ4v) is 2.04. The van der Waals surface area contributed by atoms with Crippen LogP contribution in [0.5, 0.6) is 0 Å². The van der Waals surface area contributed by atoms with Gasteiger partial charge in [-0.15, -0.1) is 0 Å². The van der Waals surface area contributed by atoms with Crippen LogP contribution in [0.2, 0.25) is 0 Å². The van der Waals surface area contributed by atoms with Crippen molar-refractivity contribution < 1.29 is 4.74 Å². The first-order valence-corrected chi connectivity index (χ1v) is 6.05. The minimum atomic E-state index is 0.569. The van der Waals surface area contributed by atoms with Gasteiger partial charge in [-0.05, 0) is 39.9 Å². The third-order valence-corrected chi connectivity index (χ3v) is 2.91. The molecule has 0 atom stereocenters. The molecule has 1 rings (SSSR count). The van der Waals surface area contributed by atoms with E-state index in [0.717, 1.165) is 13.2 Å². The van der Waals surface area contributed by atoms with Crippen LogP contribution in [0.3, 0.4) is 0 Å². The fraction of sp³-hybridized carbons (Fsp3) is 1.00. The zero-order valence-corrected chi connectivity index (χ0v) is 9.80. The molecule has 0 aromatic heterocycles. The van der Waals surface area contributed by atoms with Crippen molar-refractivity contribution in [3.8, 4) is 0 Å². The molecule has 1 saturated carbocycles. The van der Waals surface area contributed by atoms with Gasteiger partial charge in [0.1, 0.15) is 0 Å². The van der Waals surface area contributed by atoms with Crippen molar-refractivity contribution in [2.24, 2.45) is 0 Å². The first-order chi connectivity index (χ1) is 6.79. The van der Waals surface area contributed by atoms with Gasteiger partial charge in [-0.1, -0.05) is 25.7 Å². The summed E-state index contributed by atoms with van der Waals surface area (Å²) in [7, 11) is 4.23. The number of hydrogen-bond acceptors (Lipinski definition) is 2. The van der Waals surface area contributed by atoms with Gasteiger partial charge >= 0.3 is 0 Å². The van der Waals surface area contributed by atoms with Crippen molar-refractivity contribution in [2.45, 2.75) is 51.0 Å². The Hall–Kier alpha value is -0.0800. The minimum absolute atomic E-state index is 0.569. The van der Waals surface area contributed by atoms with Gasteiger partial charge in [-0.2, -0.15) is 0 Å². The first-order valence-electron chi connectivity index (χ1n) is 6.05. The zero-order valence-electron chi connectivity index (χ0n) is 9.80. The number of nitrogens with zero attached hydrogens (tertiary/aromatic N) is 1. The summed E-state index contributed by atoms with van der Waals surface area (Å²) in [6, 6.07) is 0. The minimum Gasteiger partial charge on any atom is -0.378 e. The standard InChI is InChI=1S/C12H25NO/c1-13(2)10-7-11-14-12-8-5-3-4-6-9-12/h12H,3-11H2,1-2H3. The Morgan fingerprint density at radius 3 is 2.29 bits per heavy atom. The molecule has 0 bridgehead atoms. The van der Waals surface area contributed by atoms with Crippen LogP contribution in [-0.2, 0) is 4.74 Å². The lowest BCUT2D eigenvalue weighted by molar-refractivity contribution is 0.0392. The summed E-state index contributed by atoms with van der Waals surface area (Å²) in [6.07, 6.45) is 9.90. The molecule has 2 nitrogen and oxygen atoms in total. The van der Waals surface area contributed by atoms with E-state index >= 15 is 0 Å². The van der Waals surface area contributed by atoms with Crippen LogP contribution >= 0.6 is 0 Å². The molecule has 14 heavy (non-hydrogen) atoms. The van der Waals surface area contributed by atoms with E-state index in [1.54, 1.807) is 0 Å². The molecule has 0 amide bonds. The topological polar surface area (TPSA) is 12.5 Å². The highest BCUT2D eigenvalue weighted by molar-refractivity contribution is 4.63. The van der Waals surface area contributed by atoms with Crippen LogP contribution in [0.1, 0.15) is 44.9 Å². The maximum absolute atomic E-state index is 5.89. The molecule has 1 aliphatic rings. The number of hydrogen-bond donors (Lipinski definition) is 0. The largest absolute Gasteiger partial charge is 0.378 e. The second-order valence-corrected chi connectivity index (χ2v) is 4.64. The van der Waals surface area contributed by atoms with E-state index < -0.39 is 0 Å². The van der Waals surface area contributed by atoms with Gasteiger partial charge in [-0.25, -0.2) is 0 Å². The van der Waals surface area contributed by atoms with Crippen LogP contribution in [0, 0.1) is 0 Å². The molecular formula is C12H25NO. The fourth-order valence-electron chi connectivity index (χ4n) is 2.04. The SMILES string of the molecule is CN(C)CCCOC1CCCCCC1. The van der Waals surface area contributed by atoms with Crippen LogP contribution in [-0.4, -0.2) is 38.3 Å². The van der Waals surface area contributed by atoms with Crippen molar-refractivity contribution in [2.75, 3.05) is 27.2 Å². The van der Waals surface area contributed by atoms with E-state index in [-0.39, 0.29) is 0 Å². The molecule has 1 fully saturated rings. The van der Waals surface area contributed by atoms with Crippen LogP contribution in [0.25, 0.3) is 0 Å².